The number of nitrogens with zero attached hydrogens (tertiary/aromatic N) is 1. The Morgan fingerprint density at radius 2 is 1.94 bits per heavy atom. The van der Waals surface area contributed by atoms with Crippen LogP contribution in [0.15, 0.2) is 30.0 Å². The third kappa shape index (κ3) is 6.05. The van der Waals surface area contributed by atoms with Gasteiger partial charge in [-0.15, -0.1) is 0 Å². The molecule has 1 aromatic rings. The first-order chi connectivity index (χ1) is 15.8. The van der Waals surface area contributed by atoms with E-state index in [1.165, 1.54) is 11.1 Å². The number of rotatable bonds is 8. The average Bonchev–Trinajstić information content (AvgIpc) is 2.69. The van der Waals surface area contributed by atoms with Crippen molar-refractivity contribution in [1.82, 2.24) is 4.90 Å². The zero-order valence-corrected chi connectivity index (χ0v) is 22.8. The molecule has 1 saturated carbocycles. The van der Waals surface area contributed by atoms with Gasteiger partial charge in [-0.25, -0.2) is 0 Å². The lowest BCUT2D eigenvalue weighted by molar-refractivity contribution is -0.153. The predicted octanol–water partition coefficient (Wildman–Crippen LogP) is 6.94. The number of hydrogen-bond donors (Lipinski definition) is 0. The summed E-state index contributed by atoms with van der Waals surface area (Å²) in [5.41, 5.74) is 3.42. The van der Waals surface area contributed by atoms with Crippen molar-refractivity contribution in [1.29, 1.82) is 0 Å². The molecule has 1 aromatic carbocycles. The highest BCUT2D eigenvalue weighted by Crippen LogP contribution is 2.45. The average molecular weight is 488 g/mol. The molecule has 3 rings (SSSR count). The van der Waals surface area contributed by atoms with Gasteiger partial charge in [0.1, 0.15) is 0 Å². The fourth-order valence-electron chi connectivity index (χ4n) is 5.32. The lowest BCUT2D eigenvalue weighted by Gasteiger charge is -2.43. The molecule has 1 atom stereocenters. The van der Waals surface area contributed by atoms with Crippen molar-refractivity contribution in [2.75, 3.05) is 13.2 Å². The molecule has 0 radical (unpaired) electrons. The minimum absolute atomic E-state index is 0.0115. The van der Waals surface area contributed by atoms with Gasteiger partial charge in [-0.05, 0) is 72.6 Å². The minimum Gasteiger partial charge on any atom is -0.466 e. The number of ether oxygens (including phenoxy) is 1. The van der Waals surface area contributed by atoms with E-state index in [0.29, 0.717) is 31.4 Å². The van der Waals surface area contributed by atoms with E-state index in [1.807, 2.05) is 11.8 Å². The molecule has 4 nitrogen and oxygen atoms in total. The minimum atomic E-state index is -0.374. The van der Waals surface area contributed by atoms with E-state index in [1.54, 1.807) is 0 Å². The molecule has 1 heterocycles. The summed E-state index contributed by atoms with van der Waals surface area (Å²) in [5, 5.41) is 0.792. The third-order valence-corrected chi connectivity index (χ3v) is 7.88. The largest absolute Gasteiger partial charge is 0.466 e. The standard InChI is InChI=1S/C29H42ClNO3/c1-8-34-27(33)22-13-20(14-22)17-31-18-24(19(2)3)29(7,16-26(31)32)23-10-9-21(25(30)15-23)11-12-28(4,5)6/h9-10,15,18-20,22H,8,11-14,16-17H2,1-7H3/t20?,22?,29-/m0/s1. The van der Waals surface area contributed by atoms with Crippen molar-refractivity contribution in [2.45, 2.75) is 86.0 Å². The number of benzene rings is 1. The number of carbonyl (C=O) groups excluding carboxylic acids is 2. The Kier molecular flexibility index (Phi) is 8.22. The fourth-order valence-corrected chi connectivity index (χ4v) is 5.59. The topological polar surface area (TPSA) is 46.6 Å². The van der Waals surface area contributed by atoms with Gasteiger partial charge in [0.05, 0.1) is 12.5 Å². The van der Waals surface area contributed by atoms with Crippen molar-refractivity contribution < 1.29 is 14.3 Å². The number of allylic oxidation sites excluding steroid dienone is 1. The number of carbonyl (C=O) groups is 2. The second kappa shape index (κ2) is 10.4. The number of amides is 1. The van der Waals surface area contributed by atoms with Crippen LogP contribution in [0.2, 0.25) is 5.02 Å². The van der Waals surface area contributed by atoms with Gasteiger partial charge in [0.2, 0.25) is 5.91 Å². The van der Waals surface area contributed by atoms with Crippen LogP contribution in [0.4, 0.5) is 0 Å². The zero-order chi connectivity index (χ0) is 25.3. The highest BCUT2D eigenvalue weighted by molar-refractivity contribution is 6.31. The molecule has 0 saturated heterocycles. The van der Waals surface area contributed by atoms with Crippen LogP contribution in [0.1, 0.15) is 85.3 Å². The van der Waals surface area contributed by atoms with Gasteiger partial charge in [0, 0.05) is 29.6 Å². The summed E-state index contributed by atoms with van der Waals surface area (Å²) in [6.45, 7) is 16.2. The molecule has 0 aromatic heterocycles. The van der Waals surface area contributed by atoms with E-state index in [-0.39, 0.29) is 28.6 Å². The Labute approximate surface area is 211 Å². The van der Waals surface area contributed by atoms with Crippen molar-refractivity contribution in [3.63, 3.8) is 0 Å². The molecule has 0 unspecified atom stereocenters. The van der Waals surface area contributed by atoms with E-state index >= 15 is 0 Å². The Bertz CT molecular complexity index is 939. The van der Waals surface area contributed by atoms with Crippen molar-refractivity contribution in [3.8, 4) is 0 Å². The maximum absolute atomic E-state index is 13.3. The van der Waals surface area contributed by atoms with Crippen LogP contribution < -0.4 is 0 Å². The van der Waals surface area contributed by atoms with Gasteiger partial charge in [0.25, 0.3) is 0 Å². The summed E-state index contributed by atoms with van der Waals surface area (Å²) < 4.78 is 5.14. The SMILES string of the molecule is CCOC(=O)C1CC(CN2C=C(C(C)C)[C@](C)(c3ccc(CCC(C)(C)C)c(Cl)c3)CC2=O)C1. The summed E-state index contributed by atoms with van der Waals surface area (Å²) in [6.07, 6.45) is 6.14. The van der Waals surface area contributed by atoms with E-state index in [9.17, 15) is 9.59 Å². The normalized spacial score (nSPS) is 25.3. The van der Waals surface area contributed by atoms with Crippen molar-refractivity contribution in [2.24, 2.45) is 23.2 Å². The number of aryl methyl sites for hydroxylation is 1. The van der Waals surface area contributed by atoms with Gasteiger partial charge in [-0.2, -0.15) is 0 Å². The quantitative estimate of drug-likeness (QED) is 0.373. The van der Waals surface area contributed by atoms with Crippen LogP contribution >= 0.6 is 11.6 Å². The first-order valence-electron chi connectivity index (χ1n) is 12.8. The van der Waals surface area contributed by atoms with Gasteiger partial charge in [0.15, 0.2) is 0 Å². The van der Waals surface area contributed by atoms with Gasteiger partial charge in [-0.1, -0.05) is 65.3 Å². The molecule has 1 amide bonds. The second-order valence-electron chi connectivity index (χ2n) is 11.9. The van der Waals surface area contributed by atoms with Gasteiger partial charge < -0.3 is 9.64 Å². The molecule has 1 fully saturated rings. The number of halogens is 1. The summed E-state index contributed by atoms with van der Waals surface area (Å²) >= 11 is 6.74. The van der Waals surface area contributed by atoms with E-state index in [4.69, 9.17) is 16.3 Å². The number of hydrogen-bond acceptors (Lipinski definition) is 3. The smallest absolute Gasteiger partial charge is 0.308 e. The Morgan fingerprint density at radius 3 is 2.50 bits per heavy atom. The predicted molar refractivity (Wildman–Crippen MR) is 139 cm³/mol. The number of esters is 1. The Hall–Kier alpha value is -1.81. The van der Waals surface area contributed by atoms with E-state index in [0.717, 1.165) is 36.3 Å². The molecule has 1 aliphatic carbocycles. The van der Waals surface area contributed by atoms with E-state index in [2.05, 4.69) is 65.9 Å². The highest BCUT2D eigenvalue weighted by Gasteiger charge is 2.43. The summed E-state index contributed by atoms with van der Waals surface area (Å²) in [6, 6.07) is 6.39. The Morgan fingerprint density at radius 1 is 1.26 bits per heavy atom. The highest BCUT2D eigenvalue weighted by atomic mass is 35.5. The van der Waals surface area contributed by atoms with Crippen LogP contribution in [0, 0.1) is 23.2 Å². The maximum atomic E-state index is 13.3. The van der Waals surface area contributed by atoms with Crippen molar-refractivity contribution >= 4 is 23.5 Å². The molecule has 0 N–H and O–H groups in total. The van der Waals surface area contributed by atoms with Gasteiger partial charge >= 0.3 is 5.97 Å². The second-order valence-corrected chi connectivity index (χ2v) is 12.4. The van der Waals surface area contributed by atoms with E-state index < -0.39 is 0 Å². The van der Waals surface area contributed by atoms with Crippen molar-refractivity contribution in [3.05, 3.63) is 46.1 Å². The molecule has 188 valence electrons. The van der Waals surface area contributed by atoms with Crippen LogP contribution in [0.5, 0.6) is 0 Å². The lowest BCUT2D eigenvalue weighted by atomic mass is 9.67. The van der Waals surface area contributed by atoms with Crippen LogP contribution in [0.3, 0.4) is 0 Å². The molecule has 34 heavy (non-hydrogen) atoms. The lowest BCUT2D eigenvalue weighted by Crippen LogP contribution is -2.46. The first kappa shape index (κ1) is 26.8. The maximum Gasteiger partial charge on any atom is 0.308 e. The molecule has 0 spiro atoms. The fraction of sp³-hybridized carbons (Fsp3) is 0.655. The van der Waals surface area contributed by atoms with Crippen LogP contribution in [0.25, 0.3) is 0 Å². The third-order valence-electron chi connectivity index (χ3n) is 7.52. The molecule has 1 aliphatic heterocycles. The zero-order valence-electron chi connectivity index (χ0n) is 22.0. The van der Waals surface area contributed by atoms with Gasteiger partial charge in [-0.3, -0.25) is 9.59 Å². The molecular weight excluding hydrogens is 446 g/mol. The van der Waals surface area contributed by atoms with Crippen LogP contribution in [-0.4, -0.2) is 29.9 Å². The molecular formula is C29H42ClNO3. The molecule has 0 bridgehead atoms. The van der Waals surface area contributed by atoms with Crippen LogP contribution in [-0.2, 0) is 26.2 Å². The molecule has 5 heteroatoms. The summed E-state index contributed by atoms with van der Waals surface area (Å²) in [5.74, 6) is 0.678. The summed E-state index contributed by atoms with van der Waals surface area (Å²) in [7, 11) is 0. The summed E-state index contributed by atoms with van der Waals surface area (Å²) in [4.78, 5) is 27.1. The first-order valence-corrected chi connectivity index (χ1v) is 13.2. The molecule has 2 aliphatic rings. The Balaban J connectivity index is 1.77. The monoisotopic (exact) mass is 487 g/mol.